The highest BCUT2D eigenvalue weighted by atomic mass is 15.6. The fourth-order valence-electron chi connectivity index (χ4n) is 1.91. The highest BCUT2D eigenvalue weighted by Gasteiger charge is 2.27. The van der Waals surface area contributed by atoms with Gasteiger partial charge in [0.15, 0.2) is 0 Å². The van der Waals surface area contributed by atoms with Crippen molar-refractivity contribution in [2.45, 2.75) is 32.3 Å². The largest absolute Gasteiger partial charge is 0.302 e. The molecule has 76 valence electrons. The van der Waals surface area contributed by atoms with E-state index in [1.807, 2.05) is 0 Å². The van der Waals surface area contributed by atoms with E-state index < -0.39 is 0 Å². The van der Waals surface area contributed by atoms with E-state index in [0.717, 1.165) is 19.0 Å². The minimum atomic E-state index is -0.121. The summed E-state index contributed by atoms with van der Waals surface area (Å²) in [7, 11) is 0. The highest BCUT2D eigenvalue weighted by molar-refractivity contribution is 4.78. The Hall–Kier alpha value is -0.200. The van der Waals surface area contributed by atoms with E-state index in [1.54, 1.807) is 0 Å². The first-order valence-corrected chi connectivity index (χ1v) is 5.02. The molecule has 0 aromatic heterocycles. The number of nitrogens with one attached hydrogen (secondary N) is 3. The Morgan fingerprint density at radius 2 is 1.92 bits per heavy atom. The van der Waals surface area contributed by atoms with Gasteiger partial charge in [-0.2, -0.15) is 0 Å². The van der Waals surface area contributed by atoms with Gasteiger partial charge in [0.25, 0.3) is 0 Å². The molecule has 2 saturated heterocycles. The van der Waals surface area contributed by atoms with Crippen LogP contribution < -0.4 is 21.9 Å². The van der Waals surface area contributed by atoms with Gasteiger partial charge in [0.05, 0.1) is 0 Å². The molecule has 0 amide bonds. The van der Waals surface area contributed by atoms with Crippen LogP contribution in [0.15, 0.2) is 0 Å². The maximum Gasteiger partial charge on any atom is 0.129 e. The first-order valence-electron chi connectivity index (χ1n) is 5.02. The lowest BCUT2D eigenvalue weighted by Gasteiger charge is -2.34. The molecule has 2 heterocycles. The van der Waals surface area contributed by atoms with Gasteiger partial charge in [0.2, 0.25) is 0 Å². The fraction of sp³-hybridized carbons (Fsp3) is 1.00. The molecule has 5 N–H and O–H groups in total. The number of nitrogens with zero attached hydrogens (tertiary/aromatic N) is 1. The Balaban J connectivity index is 1.81. The van der Waals surface area contributed by atoms with Crippen molar-refractivity contribution in [3.8, 4) is 0 Å². The van der Waals surface area contributed by atoms with Crippen LogP contribution in [0.5, 0.6) is 0 Å². The molecule has 5 nitrogen and oxygen atoms in total. The molecule has 2 unspecified atom stereocenters. The maximum atomic E-state index is 5.65. The standard InChI is InChI=1S/C8H19N5/c1-6-2-4-13(5-3-6)8-10-7(9)11-12-8/h6-8,10-12H,2-5,9H2,1H3. The zero-order valence-corrected chi connectivity index (χ0v) is 8.09. The molecule has 2 atom stereocenters. The lowest BCUT2D eigenvalue weighted by atomic mass is 9.99. The number of hydrogen-bond donors (Lipinski definition) is 4. The molecule has 13 heavy (non-hydrogen) atoms. The van der Waals surface area contributed by atoms with Gasteiger partial charge >= 0.3 is 0 Å². The van der Waals surface area contributed by atoms with Crippen molar-refractivity contribution in [2.75, 3.05) is 13.1 Å². The molecule has 5 heteroatoms. The quantitative estimate of drug-likeness (QED) is 0.419. The summed E-state index contributed by atoms with van der Waals surface area (Å²) in [6, 6.07) is 0. The summed E-state index contributed by atoms with van der Waals surface area (Å²) in [4.78, 5) is 2.39. The second-order valence-electron chi connectivity index (χ2n) is 4.05. The van der Waals surface area contributed by atoms with E-state index in [9.17, 15) is 0 Å². The first kappa shape index (κ1) is 9.36. The predicted molar refractivity (Wildman–Crippen MR) is 51.1 cm³/mol. The molecule has 0 aromatic rings. The third-order valence-electron chi connectivity index (χ3n) is 2.90. The summed E-state index contributed by atoms with van der Waals surface area (Å²) in [5.74, 6) is 0.874. The summed E-state index contributed by atoms with van der Waals surface area (Å²) in [6.07, 6.45) is 2.66. The minimum absolute atomic E-state index is 0.121. The van der Waals surface area contributed by atoms with Crippen LogP contribution in [-0.2, 0) is 0 Å². The summed E-state index contributed by atoms with van der Waals surface area (Å²) >= 11 is 0. The van der Waals surface area contributed by atoms with Gasteiger partial charge in [0.1, 0.15) is 12.6 Å². The molecule has 0 spiro atoms. The molecule has 0 bridgehead atoms. The third kappa shape index (κ3) is 2.18. The third-order valence-corrected chi connectivity index (χ3v) is 2.90. The van der Waals surface area contributed by atoms with Crippen molar-refractivity contribution in [3.63, 3.8) is 0 Å². The lowest BCUT2D eigenvalue weighted by Crippen LogP contribution is -2.53. The minimum Gasteiger partial charge on any atom is -0.302 e. The second-order valence-corrected chi connectivity index (χ2v) is 4.05. The van der Waals surface area contributed by atoms with Gasteiger partial charge in [-0.05, 0) is 18.8 Å². The van der Waals surface area contributed by atoms with Gasteiger partial charge in [0, 0.05) is 13.1 Å². The number of rotatable bonds is 1. The van der Waals surface area contributed by atoms with Crippen LogP contribution in [0.4, 0.5) is 0 Å². The van der Waals surface area contributed by atoms with Crippen LogP contribution in [0.1, 0.15) is 19.8 Å². The summed E-state index contributed by atoms with van der Waals surface area (Å²) < 4.78 is 0. The van der Waals surface area contributed by atoms with Gasteiger partial charge in [-0.1, -0.05) is 6.92 Å². The SMILES string of the molecule is CC1CCN(C2NNC(N)N2)CC1. The van der Waals surface area contributed by atoms with E-state index in [2.05, 4.69) is 28.0 Å². The van der Waals surface area contributed by atoms with Gasteiger partial charge < -0.3 is 5.73 Å². The summed E-state index contributed by atoms with van der Waals surface area (Å²) in [5, 5.41) is 3.22. The number of piperidine rings is 1. The van der Waals surface area contributed by atoms with Crippen LogP contribution in [0, 0.1) is 5.92 Å². The predicted octanol–water partition coefficient (Wildman–Crippen LogP) is -1.06. The van der Waals surface area contributed by atoms with Crippen molar-refractivity contribution in [1.82, 2.24) is 21.1 Å². The second kappa shape index (κ2) is 3.89. The Labute approximate surface area is 79.0 Å². The van der Waals surface area contributed by atoms with Crippen molar-refractivity contribution in [3.05, 3.63) is 0 Å². The molecule has 2 aliphatic heterocycles. The number of hydrazine groups is 1. The van der Waals surface area contributed by atoms with Crippen LogP contribution in [-0.4, -0.2) is 30.6 Å². The van der Waals surface area contributed by atoms with Gasteiger partial charge in [-0.25, -0.2) is 10.9 Å². The Morgan fingerprint density at radius 3 is 2.46 bits per heavy atom. The highest BCUT2D eigenvalue weighted by Crippen LogP contribution is 2.16. The van der Waals surface area contributed by atoms with Gasteiger partial charge in [-0.15, -0.1) is 0 Å². The smallest absolute Gasteiger partial charge is 0.129 e. The van der Waals surface area contributed by atoms with Crippen LogP contribution in [0.25, 0.3) is 0 Å². The molecular formula is C8H19N5. The molecule has 0 aromatic carbocycles. The van der Waals surface area contributed by atoms with Gasteiger partial charge in [-0.3, -0.25) is 10.2 Å². The Bertz CT molecular complexity index is 166. The van der Waals surface area contributed by atoms with Crippen molar-refractivity contribution < 1.29 is 0 Å². The van der Waals surface area contributed by atoms with E-state index in [0.29, 0.717) is 0 Å². The molecule has 2 aliphatic rings. The van der Waals surface area contributed by atoms with Crippen molar-refractivity contribution in [2.24, 2.45) is 11.7 Å². The number of nitrogens with two attached hydrogens (primary N) is 1. The number of likely N-dealkylation sites (tertiary alicyclic amines) is 1. The zero-order chi connectivity index (χ0) is 9.26. The van der Waals surface area contributed by atoms with E-state index in [-0.39, 0.29) is 12.6 Å². The zero-order valence-electron chi connectivity index (χ0n) is 8.09. The van der Waals surface area contributed by atoms with Crippen molar-refractivity contribution in [1.29, 1.82) is 0 Å². The molecule has 0 radical (unpaired) electrons. The first-order chi connectivity index (χ1) is 6.25. The number of hydrogen-bond acceptors (Lipinski definition) is 5. The Kier molecular flexibility index (Phi) is 2.80. The average Bonchev–Trinajstić information content (AvgIpc) is 2.53. The molecule has 2 rings (SSSR count). The molecule has 2 fully saturated rings. The van der Waals surface area contributed by atoms with Crippen molar-refractivity contribution >= 4 is 0 Å². The average molecular weight is 185 g/mol. The Morgan fingerprint density at radius 1 is 1.23 bits per heavy atom. The van der Waals surface area contributed by atoms with Crippen LogP contribution >= 0.6 is 0 Å². The topological polar surface area (TPSA) is 65.3 Å². The molecular weight excluding hydrogens is 166 g/mol. The van der Waals surface area contributed by atoms with Crippen LogP contribution in [0.3, 0.4) is 0 Å². The molecule has 0 aliphatic carbocycles. The molecule has 0 saturated carbocycles. The summed E-state index contributed by atoms with van der Waals surface area (Å²) in [6.45, 7) is 4.62. The van der Waals surface area contributed by atoms with E-state index >= 15 is 0 Å². The maximum absolute atomic E-state index is 5.65. The van der Waals surface area contributed by atoms with E-state index in [1.165, 1.54) is 12.8 Å². The monoisotopic (exact) mass is 185 g/mol. The lowest BCUT2D eigenvalue weighted by molar-refractivity contribution is 0.110. The normalized spacial score (nSPS) is 38.3. The fourth-order valence-corrected chi connectivity index (χ4v) is 1.91. The van der Waals surface area contributed by atoms with E-state index in [4.69, 9.17) is 5.73 Å². The van der Waals surface area contributed by atoms with Crippen LogP contribution in [0.2, 0.25) is 0 Å². The summed E-state index contributed by atoms with van der Waals surface area (Å²) in [5.41, 5.74) is 11.7.